The van der Waals surface area contributed by atoms with Crippen molar-refractivity contribution in [3.8, 4) is 0 Å². The number of piperazine rings is 1. The molecule has 0 radical (unpaired) electrons. The highest BCUT2D eigenvalue weighted by Gasteiger charge is 2.32. The van der Waals surface area contributed by atoms with E-state index in [0.717, 1.165) is 39.0 Å². The van der Waals surface area contributed by atoms with E-state index in [1.54, 1.807) is 0 Å². The van der Waals surface area contributed by atoms with Crippen LogP contribution in [0.3, 0.4) is 0 Å². The zero-order valence-corrected chi connectivity index (χ0v) is 11.3. The lowest BCUT2D eigenvalue weighted by atomic mass is 9.97. The third-order valence-corrected chi connectivity index (χ3v) is 4.32. The summed E-state index contributed by atoms with van der Waals surface area (Å²) in [5.41, 5.74) is 0. The molecule has 4 nitrogen and oxygen atoms in total. The Kier molecular flexibility index (Phi) is 4.05. The second-order valence-corrected chi connectivity index (χ2v) is 5.65. The number of rotatable bonds is 1. The van der Waals surface area contributed by atoms with Crippen molar-refractivity contribution in [1.29, 1.82) is 0 Å². The molecular weight excluding hydrogens is 214 g/mol. The summed E-state index contributed by atoms with van der Waals surface area (Å²) in [4.78, 5) is 16.9. The van der Waals surface area contributed by atoms with Crippen LogP contribution in [0.5, 0.6) is 0 Å². The van der Waals surface area contributed by atoms with Crippen molar-refractivity contribution >= 4 is 5.91 Å². The minimum absolute atomic E-state index is 0.214. The van der Waals surface area contributed by atoms with Crippen LogP contribution in [0.25, 0.3) is 0 Å². The van der Waals surface area contributed by atoms with Gasteiger partial charge in [-0.15, -0.1) is 0 Å². The molecule has 0 bridgehead atoms. The lowest BCUT2D eigenvalue weighted by Crippen LogP contribution is -2.58. The maximum absolute atomic E-state index is 12.4. The van der Waals surface area contributed by atoms with Gasteiger partial charge in [0.15, 0.2) is 0 Å². The van der Waals surface area contributed by atoms with Crippen molar-refractivity contribution in [2.24, 2.45) is 5.92 Å². The number of hydrogen-bond donors (Lipinski definition) is 1. The number of piperidine rings is 1. The molecule has 2 saturated heterocycles. The van der Waals surface area contributed by atoms with Gasteiger partial charge in [-0.05, 0) is 40.3 Å². The molecule has 2 heterocycles. The topological polar surface area (TPSA) is 35.6 Å². The third kappa shape index (κ3) is 2.80. The second-order valence-electron chi connectivity index (χ2n) is 5.65. The van der Waals surface area contributed by atoms with Crippen LogP contribution in [0.2, 0.25) is 0 Å². The normalized spacial score (nSPS) is 35.9. The first kappa shape index (κ1) is 12.8. The first-order valence-electron chi connectivity index (χ1n) is 6.81. The van der Waals surface area contributed by atoms with Crippen molar-refractivity contribution in [2.75, 3.05) is 33.2 Å². The first-order valence-corrected chi connectivity index (χ1v) is 6.81. The molecule has 17 heavy (non-hydrogen) atoms. The van der Waals surface area contributed by atoms with Gasteiger partial charge in [0.25, 0.3) is 0 Å². The average Bonchev–Trinajstić information content (AvgIpc) is 2.35. The number of carbonyl (C=O) groups is 1. The van der Waals surface area contributed by atoms with Gasteiger partial charge in [0.1, 0.15) is 0 Å². The molecule has 1 amide bonds. The molecular formula is C13H25N3O. The summed E-state index contributed by atoms with van der Waals surface area (Å²) in [6, 6.07) is 0.943. The van der Waals surface area contributed by atoms with Crippen LogP contribution in [-0.4, -0.2) is 61.0 Å². The van der Waals surface area contributed by atoms with Gasteiger partial charge in [-0.3, -0.25) is 9.69 Å². The largest absolute Gasteiger partial charge is 0.339 e. The maximum atomic E-state index is 12.4. The molecule has 2 aliphatic heterocycles. The van der Waals surface area contributed by atoms with Crippen molar-refractivity contribution < 1.29 is 4.79 Å². The predicted octanol–water partition coefficient (Wildman–Crippen LogP) is 0.537. The Morgan fingerprint density at radius 1 is 1.24 bits per heavy atom. The minimum Gasteiger partial charge on any atom is -0.339 e. The molecule has 2 fully saturated rings. The number of nitrogens with zero attached hydrogens (tertiary/aromatic N) is 2. The smallest absolute Gasteiger partial charge is 0.227 e. The average molecular weight is 239 g/mol. The molecule has 0 aromatic rings. The minimum atomic E-state index is 0.214. The fraction of sp³-hybridized carbons (Fsp3) is 0.923. The molecule has 0 aromatic heterocycles. The molecule has 2 rings (SSSR count). The highest BCUT2D eigenvalue weighted by molar-refractivity contribution is 5.79. The Morgan fingerprint density at radius 2 is 1.88 bits per heavy atom. The summed E-state index contributed by atoms with van der Waals surface area (Å²) in [5, 5.41) is 3.33. The summed E-state index contributed by atoms with van der Waals surface area (Å²) in [6.45, 7) is 8.11. The Labute approximate surface area is 104 Å². The highest BCUT2D eigenvalue weighted by Crippen LogP contribution is 2.19. The summed E-state index contributed by atoms with van der Waals surface area (Å²) < 4.78 is 0. The van der Waals surface area contributed by atoms with Crippen LogP contribution >= 0.6 is 0 Å². The Balaban J connectivity index is 1.95. The third-order valence-electron chi connectivity index (χ3n) is 4.32. The maximum Gasteiger partial charge on any atom is 0.227 e. The van der Waals surface area contributed by atoms with Gasteiger partial charge in [0.05, 0.1) is 5.92 Å². The fourth-order valence-corrected chi connectivity index (χ4v) is 2.91. The van der Waals surface area contributed by atoms with E-state index >= 15 is 0 Å². The van der Waals surface area contributed by atoms with E-state index in [4.69, 9.17) is 0 Å². The van der Waals surface area contributed by atoms with Gasteiger partial charge < -0.3 is 10.2 Å². The molecule has 1 N–H and O–H groups in total. The number of hydrogen-bond acceptors (Lipinski definition) is 3. The Hall–Kier alpha value is -0.610. The standard InChI is InChI=1S/C13H25N3O/c1-10-8-16(9-11(2)15(10)3)13(17)12-5-4-6-14-7-12/h10-12,14H,4-9H2,1-3H3/t10?,11?,12-/m0/s1. The molecule has 2 unspecified atom stereocenters. The van der Waals surface area contributed by atoms with Crippen LogP contribution in [0, 0.1) is 5.92 Å². The van der Waals surface area contributed by atoms with Gasteiger partial charge in [-0.2, -0.15) is 0 Å². The molecule has 4 heteroatoms. The number of carbonyl (C=O) groups excluding carboxylic acids is 1. The van der Waals surface area contributed by atoms with Crippen LogP contribution in [0.15, 0.2) is 0 Å². The predicted molar refractivity (Wildman–Crippen MR) is 68.9 cm³/mol. The summed E-state index contributed by atoms with van der Waals surface area (Å²) in [5.74, 6) is 0.579. The van der Waals surface area contributed by atoms with Crippen LogP contribution in [0.1, 0.15) is 26.7 Å². The van der Waals surface area contributed by atoms with E-state index in [9.17, 15) is 4.79 Å². The lowest BCUT2D eigenvalue weighted by Gasteiger charge is -2.43. The van der Waals surface area contributed by atoms with Crippen LogP contribution < -0.4 is 5.32 Å². The zero-order valence-electron chi connectivity index (χ0n) is 11.3. The molecule has 0 saturated carbocycles. The number of likely N-dealkylation sites (N-methyl/N-ethyl adjacent to an activating group) is 1. The van der Waals surface area contributed by atoms with E-state index in [1.165, 1.54) is 0 Å². The van der Waals surface area contributed by atoms with Gasteiger partial charge in [0, 0.05) is 31.7 Å². The summed E-state index contributed by atoms with van der Waals surface area (Å²) >= 11 is 0. The van der Waals surface area contributed by atoms with Crippen molar-refractivity contribution in [2.45, 2.75) is 38.8 Å². The van der Waals surface area contributed by atoms with E-state index in [2.05, 4.69) is 36.0 Å². The molecule has 0 aliphatic carbocycles. The quantitative estimate of drug-likeness (QED) is 0.725. The molecule has 3 atom stereocenters. The SMILES string of the molecule is CC1CN(C(=O)[C@H]2CCCNC2)CC(C)N1C. The fourth-order valence-electron chi connectivity index (χ4n) is 2.91. The lowest BCUT2D eigenvalue weighted by molar-refractivity contribution is -0.140. The van der Waals surface area contributed by atoms with E-state index < -0.39 is 0 Å². The van der Waals surface area contributed by atoms with Crippen molar-refractivity contribution in [3.63, 3.8) is 0 Å². The zero-order chi connectivity index (χ0) is 12.4. The number of amides is 1. The first-order chi connectivity index (χ1) is 8.09. The van der Waals surface area contributed by atoms with Gasteiger partial charge >= 0.3 is 0 Å². The number of nitrogens with one attached hydrogen (secondary N) is 1. The van der Waals surface area contributed by atoms with Crippen LogP contribution in [-0.2, 0) is 4.79 Å². The van der Waals surface area contributed by atoms with E-state index in [1.807, 2.05) is 0 Å². The Morgan fingerprint density at radius 3 is 2.41 bits per heavy atom. The molecule has 0 aromatic carbocycles. The summed E-state index contributed by atoms with van der Waals surface area (Å²) in [6.07, 6.45) is 2.19. The monoisotopic (exact) mass is 239 g/mol. The van der Waals surface area contributed by atoms with Crippen LogP contribution in [0.4, 0.5) is 0 Å². The van der Waals surface area contributed by atoms with Crippen molar-refractivity contribution in [3.05, 3.63) is 0 Å². The molecule has 98 valence electrons. The van der Waals surface area contributed by atoms with E-state index in [0.29, 0.717) is 18.0 Å². The van der Waals surface area contributed by atoms with Crippen molar-refractivity contribution in [1.82, 2.24) is 15.1 Å². The summed E-state index contributed by atoms with van der Waals surface area (Å²) in [7, 11) is 2.15. The van der Waals surface area contributed by atoms with E-state index in [-0.39, 0.29) is 5.92 Å². The molecule has 2 aliphatic rings. The van der Waals surface area contributed by atoms with Gasteiger partial charge in [-0.25, -0.2) is 0 Å². The van der Waals surface area contributed by atoms with Gasteiger partial charge in [-0.1, -0.05) is 0 Å². The van der Waals surface area contributed by atoms with Gasteiger partial charge in [0.2, 0.25) is 5.91 Å². The second kappa shape index (κ2) is 5.36. The molecule has 0 spiro atoms. The highest BCUT2D eigenvalue weighted by atomic mass is 16.2. The Bertz CT molecular complexity index is 264.